The van der Waals surface area contributed by atoms with Crippen molar-refractivity contribution in [2.24, 2.45) is 11.5 Å². The molecule has 0 amide bonds. The lowest BCUT2D eigenvalue weighted by atomic mass is 10.0. The van der Waals surface area contributed by atoms with Crippen LogP contribution in [0.3, 0.4) is 0 Å². The number of nitrogens with two attached hydrogens (primary N) is 2. The Balaban J connectivity index is 3.22. The summed E-state index contributed by atoms with van der Waals surface area (Å²) in [6, 6.07) is 4.41. The summed E-state index contributed by atoms with van der Waals surface area (Å²) in [5.74, 6) is -0.989. The second-order valence-electron chi connectivity index (χ2n) is 2.88. The maximum atomic E-state index is 10.8. The van der Waals surface area contributed by atoms with Crippen molar-refractivity contribution < 1.29 is 9.90 Å². The molecule has 4 nitrogen and oxygen atoms in total. The van der Waals surface area contributed by atoms with E-state index in [1.807, 2.05) is 0 Å². The monoisotopic (exact) mass is 258 g/mol. The Labute approximate surface area is 90.0 Å². The lowest BCUT2D eigenvalue weighted by Crippen LogP contribution is -2.23. The predicted molar refractivity (Wildman–Crippen MR) is 57.1 cm³/mol. The Morgan fingerprint density at radius 1 is 1.57 bits per heavy atom. The Hall–Kier alpha value is -0.910. The van der Waals surface area contributed by atoms with E-state index in [4.69, 9.17) is 16.6 Å². The molecule has 0 heterocycles. The molecule has 0 unspecified atom stereocenters. The van der Waals surface area contributed by atoms with Crippen molar-refractivity contribution >= 4 is 21.9 Å². The summed E-state index contributed by atoms with van der Waals surface area (Å²) in [5.41, 5.74) is 11.8. The Morgan fingerprint density at radius 2 is 2.21 bits per heavy atom. The summed E-state index contributed by atoms with van der Waals surface area (Å²) in [4.78, 5) is 10.8. The van der Waals surface area contributed by atoms with Crippen LogP contribution in [0.4, 0.5) is 0 Å². The van der Waals surface area contributed by atoms with Crippen LogP contribution in [0.15, 0.2) is 22.7 Å². The molecule has 5 N–H and O–H groups in total. The highest BCUT2D eigenvalue weighted by molar-refractivity contribution is 9.10. The summed E-state index contributed by atoms with van der Waals surface area (Å²) in [6.45, 7) is 0.219. The van der Waals surface area contributed by atoms with Crippen molar-refractivity contribution in [1.82, 2.24) is 0 Å². The highest BCUT2D eigenvalue weighted by atomic mass is 79.9. The van der Waals surface area contributed by atoms with Gasteiger partial charge in [0.1, 0.15) is 0 Å². The number of halogens is 1. The van der Waals surface area contributed by atoms with Crippen LogP contribution in [-0.4, -0.2) is 17.6 Å². The molecule has 5 heteroatoms. The quantitative estimate of drug-likeness (QED) is 0.758. The van der Waals surface area contributed by atoms with Crippen LogP contribution < -0.4 is 11.5 Å². The van der Waals surface area contributed by atoms with Gasteiger partial charge in [-0.3, -0.25) is 0 Å². The third-order valence-corrected chi connectivity index (χ3v) is 2.39. The second kappa shape index (κ2) is 4.54. The Kier molecular flexibility index (Phi) is 3.62. The maximum Gasteiger partial charge on any atom is 0.336 e. The van der Waals surface area contributed by atoms with Gasteiger partial charge in [0.25, 0.3) is 0 Å². The van der Waals surface area contributed by atoms with Crippen molar-refractivity contribution in [3.05, 3.63) is 33.8 Å². The smallest absolute Gasteiger partial charge is 0.336 e. The molecule has 1 aromatic carbocycles. The third-order valence-electron chi connectivity index (χ3n) is 1.90. The SMILES string of the molecule is NC[C@H](N)c1cc(Br)ccc1C(=O)O. The van der Waals surface area contributed by atoms with Crippen molar-refractivity contribution in [2.45, 2.75) is 6.04 Å². The first kappa shape index (κ1) is 11.2. The number of carbonyl (C=O) groups is 1. The molecule has 0 spiro atoms. The molecule has 0 aliphatic heterocycles. The normalized spacial score (nSPS) is 12.5. The number of benzene rings is 1. The minimum absolute atomic E-state index is 0.200. The molecule has 0 aromatic heterocycles. The van der Waals surface area contributed by atoms with Gasteiger partial charge in [-0.15, -0.1) is 0 Å². The molecule has 0 bridgehead atoms. The standard InChI is InChI=1S/C9H11BrN2O2/c10-5-1-2-6(9(13)14)7(3-5)8(12)4-11/h1-3,8H,4,11-12H2,(H,13,14)/t8-/m0/s1. The van der Waals surface area contributed by atoms with E-state index in [2.05, 4.69) is 15.9 Å². The third kappa shape index (κ3) is 2.31. The summed E-state index contributed by atoms with van der Waals surface area (Å²) in [7, 11) is 0. The van der Waals surface area contributed by atoms with Crippen LogP contribution in [0, 0.1) is 0 Å². The first-order chi connectivity index (χ1) is 6.56. The lowest BCUT2D eigenvalue weighted by Gasteiger charge is -2.12. The first-order valence-corrected chi connectivity index (χ1v) is 4.84. The predicted octanol–water partition coefficient (Wildman–Crippen LogP) is 1.11. The molecule has 1 atom stereocenters. The second-order valence-corrected chi connectivity index (χ2v) is 3.79. The fourth-order valence-corrected chi connectivity index (χ4v) is 1.54. The van der Waals surface area contributed by atoms with E-state index in [1.165, 1.54) is 6.07 Å². The van der Waals surface area contributed by atoms with Crippen molar-refractivity contribution in [1.29, 1.82) is 0 Å². The summed E-state index contributed by atoms with van der Waals surface area (Å²) < 4.78 is 0.793. The maximum absolute atomic E-state index is 10.8. The molecule has 0 fully saturated rings. The van der Waals surface area contributed by atoms with Gasteiger partial charge in [0, 0.05) is 17.1 Å². The van der Waals surface area contributed by atoms with E-state index >= 15 is 0 Å². The molecule has 0 saturated carbocycles. The molecule has 0 aliphatic carbocycles. The van der Waals surface area contributed by atoms with E-state index in [1.54, 1.807) is 12.1 Å². The summed E-state index contributed by atoms with van der Waals surface area (Å²) in [6.07, 6.45) is 0. The average molecular weight is 259 g/mol. The number of carboxylic acid groups (broad SMARTS) is 1. The largest absolute Gasteiger partial charge is 0.478 e. The van der Waals surface area contributed by atoms with Crippen LogP contribution in [-0.2, 0) is 0 Å². The van der Waals surface area contributed by atoms with Gasteiger partial charge >= 0.3 is 5.97 Å². The molecular formula is C9H11BrN2O2. The number of aromatic carboxylic acids is 1. The lowest BCUT2D eigenvalue weighted by molar-refractivity contribution is 0.0695. The number of carboxylic acids is 1. The molecule has 76 valence electrons. The minimum atomic E-state index is -0.989. The molecular weight excluding hydrogens is 248 g/mol. The van der Waals surface area contributed by atoms with Gasteiger partial charge in [-0.1, -0.05) is 15.9 Å². The van der Waals surface area contributed by atoms with Gasteiger partial charge in [-0.05, 0) is 23.8 Å². The zero-order valence-corrected chi connectivity index (χ0v) is 8.99. The van der Waals surface area contributed by atoms with Crippen molar-refractivity contribution in [2.75, 3.05) is 6.54 Å². The van der Waals surface area contributed by atoms with Crippen LogP contribution in [0.5, 0.6) is 0 Å². The first-order valence-electron chi connectivity index (χ1n) is 4.04. The molecule has 14 heavy (non-hydrogen) atoms. The Morgan fingerprint density at radius 3 is 2.71 bits per heavy atom. The van der Waals surface area contributed by atoms with Gasteiger partial charge in [-0.2, -0.15) is 0 Å². The van der Waals surface area contributed by atoms with Gasteiger partial charge in [-0.25, -0.2) is 4.79 Å². The summed E-state index contributed by atoms with van der Waals surface area (Å²) in [5, 5.41) is 8.89. The van der Waals surface area contributed by atoms with Gasteiger partial charge in [0.2, 0.25) is 0 Å². The molecule has 0 radical (unpaired) electrons. The zero-order chi connectivity index (χ0) is 10.7. The van der Waals surface area contributed by atoms with Crippen LogP contribution in [0.2, 0.25) is 0 Å². The van der Waals surface area contributed by atoms with Crippen LogP contribution in [0.25, 0.3) is 0 Å². The van der Waals surface area contributed by atoms with Crippen molar-refractivity contribution in [3.63, 3.8) is 0 Å². The van der Waals surface area contributed by atoms with Gasteiger partial charge in [0.15, 0.2) is 0 Å². The van der Waals surface area contributed by atoms with Crippen LogP contribution in [0.1, 0.15) is 22.0 Å². The molecule has 1 rings (SSSR count). The van der Waals surface area contributed by atoms with E-state index in [0.29, 0.717) is 5.56 Å². The van der Waals surface area contributed by atoms with Crippen molar-refractivity contribution in [3.8, 4) is 0 Å². The van der Waals surface area contributed by atoms with E-state index in [9.17, 15) is 4.79 Å². The van der Waals surface area contributed by atoms with Crippen LogP contribution >= 0.6 is 15.9 Å². The fourth-order valence-electron chi connectivity index (χ4n) is 1.16. The number of rotatable bonds is 3. The van der Waals surface area contributed by atoms with E-state index in [-0.39, 0.29) is 12.1 Å². The zero-order valence-electron chi connectivity index (χ0n) is 7.40. The van der Waals surface area contributed by atoms with Gasteiger partial charge in [0.05, 0.1) is 5.56 Å². The topological polar surface area (TPSA) is 89.3 Å². The van der Waals surface area contributed by atoms with Gasteiger partial charge < -0.3 is 16.6 Å². The molecule has 0 aliphatic rings. The molecule has 0 saturated heterocycles. The fraction of sp³-hybridized carbons (Fsp3) is 0.222. The summed E-state index contributed by atoms with van der Waals surface area (Å²) >= 11 is 3.25. The van der Waals surface area contributed by atoms with E-state index in [0.717, 1.165) is 4.47 Å². The minimum Gasteiger partial charge on any atom is -0.478 e. The number of hydrogen-bond acceptors (Lipinski definition) is 3. The molecule has 1 aromatic rings. The van der Waals surface area contributed by atoms with E-state index < -0.39 is 12.0 Å². The Bertz CT molecular complexity index is 355. The highest BCUT2D eigenvalue weighted by Gasteiger charge is 2.14. The highest BCUT2D eigenvalue weighted by Crippen LogP contribution is 2.21. The number of hydrogen-bond donors (Lipinski definition) is 3. The average Bonchev–Trinajstić information content (AvgIpc) is 2.16.